The lowest BCUT2D eigenvalue weighted by Crippen LogP contribution is -2.05. The van der Waals surface area contributed by atoms with Gasteiger partial charge in [-0.1, -0.05) is 18.2 Å². The Bertz CT molecular complexity index is 836. The van der Waals surface area contributed by atoms with Gasteiger partial charge in [-0.15, -0.1) is 0 Å². The number of aromatic nitrogens is 3. The summed E-state index contributed by atoms with van der Waals surface area (Å²) in [5.74, 6) is 1.17. The molecule has 0 saturated heterocycles. The van der Waals surface area contributed by atoms with Crippen molar-refractivity contribution in [3.05, 3.63) is 72.2 Å². The van der Waals surface area contributed by atoms with Crippen molar-refractivity contribution < 1.29 is 4.79 Å². The van der Waals surface area contributed by atoms with Crippen molar-refractivity contribution in [3.8, 4) is 0 Å². The minimum Gasteiger partial charge on any atom is -0.364 e. The van der Waals surface area contributed by atoms with E-state index in [9.17, 15) is 4.79 Å². The fraction of sp³-hybridized carbons (Fsp3) is 0.111. The highest BCUT2D eigenvalue weighted by Crippen LogP contribution is 2.16. The third-order valence-corrected chi connectivity index (χ3v) is 3.36. The summed E-state index contributed by atoms with van der Waals surface area (Å²) in [6.45, 7) is 2.12. The maximum Gasteiger partial charge on any atom is 0.229 e. The molecule has 2 N–H and O–H groups in total. The molecule has 1 aromatic carbocycles. The van der Waals surface area contributed by atoms with Crippen LogP contribution in [0.1, 0.15) is 23.0 Å². The van der Waals surface area contributed by atoms with Crippen molar-refractivity contribution in [1.29, 1.82) is 0 Å². The van der Waals surface area contributed by atoms with Crippen LogP contribution in [0.4, 0.5) is 17.5 Å². The van der Waals surface area contributed by atoms with Crippen LogP contribution in [-0.4, -0.2) is 20.7 Å². The first-order valence-electron chi connectivity index (χ1n) is 7.55. The van der Waals surface area contributed by atoms with E-state index < -0.39 is 0 Å². The molecule has 0 saturated carbocycles. The van der Waals surface area contributed by atoms with E-state index in [4.69, 9.17) is 0 Å². The lowest BCUT2D eigenvalue weighted by molar-refractivity contribution is 0.101. The topological polar surface area (TPSA) is 79.8 Å². The van der Waals surface area contributed by atoms with Crippen molar-refractivity contribution in [2.24, 2.45) is 0 Å². The Kier molecular flexibility index (Phi) is 4.76. The second kappa shape index (κ2) is 7.32. The molecule has 3 aromatic rings. The number of carbonyl (C=O) groups excluding carboxylic acids is 1. The SMILES string of the molecule is CC(=O)c1cccc(Nc2nccc(NCc3ccccn3)n2)c1. The van der Waals surface area contributed by atoms with Crippen LogP contribution in [0.15, 0.2) is 60.9 Å². The predicted molar refractivity (Wildman–Crippen MR) is 93.3 cm³/mol. The molecule has 0 radical (unpaired) electrons. The minimum atomic E-state index is 0.0188. The minimum absolute atomic E-state index is 0.0188. The summed E-state index contributed by atoms with van der Waals surface area (Å²) in [6.07, 6.45) is 3.43. The first-order chi connectivity index (χ1) is 11.7. The molecule has 6 heteroatoms. The molecule has 0 aliphatic carbocycles. The van der Waals surface area contributed by atoms with E-state index in [2.05, 4.69) is 25.6 Å². The Morgan fingerprint density at radius 1 is 1.04 bits per heavy atom. The van der Waals surface area contributed by atoms with Gasteiger partial charge in [0.2, 0.25) is 5.95 Å². The number of benzene rings is 1. The lowest BCUT2D eigenvalue weighted by Gasteiger charge is -2.09. The van der Waals surface area contributed by atoms with E-state index in [-0.39, 0.29) is 5.78 Å². The number of carbonyl (C=O) groups is 1. The molecular formula is C18H17N5O. The highest BCUT2D eigenvalue weighted by atomic mass is 16.1. The third kappa shape index (κ3) is 4.13. The van der Waals surface area contributed by atoms with Gasteiger partial charge in [0.25, 0.3) is 0 Å². The molecule has 24 heavy (non-hydrogen) atoms. The highest BCUT2D eigenvalue weighted by molar-refractivity contribution is 5.95. The van der Waals surface area contributed by atoms with Crippen LogP contribution in [0.25, 0.3) is 0 Å². The van der Waals surface area contributed by atoms with E-state index in [0.29, 0.717) is 23.9 Å². The number of pyridine rings is 1. The van der Waals surface area contributed by atoms with E-state index in [1.54, 1.807) is 30.6 Å². The quantitative estimate of drug-likeness (QED) is 0.678. The van der Waals surface area contributed by atoms with Gasteiger partial charge in [-0.25, -0.2) is 4.98 Å². The highest BCUT2D eigenvalue weighted by Gasteiger charge is 2.03. The fourth-order valence-corrected chi connectivity index (χ4v) is 2.15. The van der Waals surface area contributed by atoms with E-state index in [1.165, 1.54) is 6.92 Å². The van der Waals surface area contributed by atoms with Crippen LogP contribution < -0.4 is 10.6 Å². The zero-order valence-electron chi connectivity index (χ0n) is 13.2. The average Bonchev–Trinajstić information content (AvgIpc) is 2.61. The number of rotatable bonds is 6. The van der Waals surface area contributed by atoms with Crippen LogP contribution in [0.2, 0.25) is 0 Å². The summed E-state index contributed by atoms with van der Waals surface area (Å²) < 4.78 is 0. The second-order valence-corrected chi connectivity index (χ2v) is 5.20. The van der Waals surface area contributed by atoms with E-state index >= 15 is 0 Å². The van der Waals surface area contributed by atoms with Gasteiger partial charge >= 0.3 is 0 Å². The molecule has 0 amide bonds. The summed E-state index contributed by atoms with van der Waals surface area (Å²) in [4.78, 5) is 24.3. The predicted octanol–water partition coefficient (Wildman–Crippen LogP) is 3.43. The molecule has 0 unspecified atom stereocenters. The summed E-state index contributed by atoms with van der Waals surface area (Å²) >= 11 is 0. The normalized spacial score (nSPS) is 10.2. The Morgan fingerprint density at radius 2 is 1.96 bits per heavy atom. The van der Waals surface area contributed by atoms with Gasteiger partial charge in [0.15, 0.2) is 5.78 Å². The van der Waals surface area contributed by atoms with Crippen LogP contribution >= 0.6 is 0 Å². The van der Waals surface area contributed by atoms with Gasteiger partial charge in [-0.3, -0.25) is 9.78 Å². The lowest BCUT2D eigenvalue weighted by atomic mass is 10.1. The summed E-state index contributed by atoms with van der Waals surface area (Å²) in [7, 11) is 0. The molecule has 0 aliphatic heterocycles. The van der Waals surface area contributed by atoms with E-state index in [1.807, 2.05) is 30.3 Å². The van der Waals surface area contributed by atoms with Gasteiger partial charge in [-0.05, 0) is 37.3 Å². The Balaban J connectivity index is 1.69. The summed E-state index contributed by atoms with van der Waals surface area (Å²) in [5.41, 5.74) is 2.34. The number of ketones is 1. The smallest absolute Gasteiger partial charge is 0.229 e. The van der Waals surface area contributed by atoms with Crippen molar-refractivity contribution in [3.63, 3.8) is 0 Å². The van der Waals surface area contributed by atoms with Gasteiger partial charge in [0, 0.05) is 23.6 Å². The van der Waals surface area contributed by atoms with Crippen molar-refractivity contribution >= 4 is 23.2 Å². The Hall–Kier alpha value is -3.28. The van der Waals surface area contributed by atoms with Gasteiger partial charge < -0.3 is 10.6 Å². The average molecular weight is 319 g/mol. The molecule has 120 valence electrons. The number of Topliss-reactive ketones (excluding diaryl/α,β-unsaturated/α-hetero) is 1. The summed E-state index contributed by atoms with van der Waals surface area (Å²) in [6, 6.07) is 14.8. The number of hydrogen-bond acceptors (Lipinski definition) is 6. The van der Waals surface area contributed by atoms with Gasteiger partial charge in [-0.2, -0.15) is 4.98 Å². The van der Waals surface area contributed by atoms with Crippen LogP contribution in [0, 0.1) is 0 Å². The van der Waals surface area contributed by atoms with Gasteiger partial charge in [0.1, 0.15) is 5.82 Å². The monoisotopic (exact) mass is 319 g/mol. The van der Waals surface area contributed by atoms with Crippen LogP contribution in [0.5, 0.6) is 0 Å². The van der Waals surface area contributed by atoms with Crippen molar-refractivity contribution in [2.75, 3.05) is 10.6 Å². The van der Waals surface area contributed by atoms with E-state index in [0.717, 1.165) is 11.4 Å². The number of nitrogens with zero attached hydrogens (tertiary/aromatic N) is 3. The van der Waals surface area contributed by atoms with Crippen LogP contribution in [-0.2, 0) is 6.54 Å². The first-order valence-corrected chi connectivity index (χ1v) is 7.55. The number of nitrogens with one attached hydrogen (secondary N) is 2. The van der Waals surface area contributed by atoms with Crippen molar-refractivity contribution in [2.45, 2.75) is 13.5 Å². The maximum absolute atomic E-state index is 11.4. The molecular weight excluding hydrogens is 302 g/mol. The number of anilines is 3. The molecule has 0 atom stereocenters. The largest absolute Gasteiger partial charge is 0.364 e. The second-order valence-electron chi connectivity index (χ2n) is 5.20. The van der Waals surface area contributed by atoms with Crippen molar-refractivity contribution in [1.82, 2.24) is 15.0 Å². The Morgan fingerprint density at radius 3 is 2.75 bits per heavy atom. The molecule has 0 aliphatic rings. The Labute approximate surface area is 140 Å². The van der Waals surface area contributed by atoms with Gasteiger partial charge in [0.05, 0.1) is 12.2 Å². The zero-order valence-corrected chi connectivity index (χ0v) is 13.2. The molecule has 0 fully saturated rings. The molecule has 2 heterocycles. The molecule has 6 nitrogen and oxygen atoms in total. The molecule has 0 bridgehead atoms. The third-order valence-electron chi connectivity index (χ3n) is 3.36. The maximum atomic E-state index is 11.4. The number of hydrogen-bond donors (Lipinski definition) is 2. The fourth-order valence-electron chi connectivity index (χ4n) is 2.15. The molecule has 0 spiro atoms. The molecule has 2 aromatic heterocycles. The molecule has 3 rings (SSSR count). The zero-order chi connectivity index (χ0) is 16.8. The summed E-state index contributed by atoms with van der Waals surface area (Å²) in [5, 5.41) is 6.32. The first kappa shape index (κ1) is 15.6. The van der Waals surface area contributed by atoms with Crippen LogP contribution in [0.3, 0.4) is 0 Å². The standard InChI is InChI=1S/C18H17N5O/c1-13(24)14-5-4-7-15(11-14)22-18-20-10-8-17(23-18)21-12-16-6-2-3-9-19-16/h2-11H,12H2,1H3,(H2,20,21,22,23).